The second-order valence-corrected chi connectivity index (χ2v) is 6.75. The van der Waals surface area contributed by atoms with Crippen LogP contribution in [0.2, 0.25) is 0 Å². The molecule has 2 aromatic rings. The van der Waals surface area contributed by atoms with E-state index in [9.17, 15) is 9.59 Å². The van der Waals surface area contributed by atoms with Crippen LogP contribution in [0.15, 0.2) is 60.7 Å². The third-order valence-electron chi connectivity index (χ3n) is 5.12. The van der Waals surface area contributed by atoms with Crippen LogP contribution in [0, 0.1) is 0 Å². The Labute approximate surface area is 154 Å². The van der Waals surface area contributed by atoms with E-state index in [0.717, 1.165) is 18.4 Å². The first-order chi connectivity index (χ1) is 12.6. The van der Waals surface area contributed by atoms with Gasteiger partial charge in [0, 0.05) is 30.6 Å². The third-order valence-corrected chi connectivity index (χ3v) is 5.12. The lowest BCUT2D eigenvalue weighted by atomic mass is 9.64. The maximum absolute atomic E-state index is 12.2. The minimum atomic E-state index is -0.120. The fourth-order valence-corrected chi connectivity index (χ4v) is 3.34. The summed E-state index contributed by atoms with van der Waals surface area (Å²) in [6, 6.07) is 17.6. The van der Waals surface area contributed by atoms with Crippen molar-refractivity contribution in [3.05, 3.63) is 77.4 Å². The van der Waals surface area contributed by atoms with Gasteiger partial charge in [-0.15, -0.1) is 0 Å². The standard InChI is InChI=1S/C22H24N2O2/c1-23-21(26)18-11-8-17(9-12-18)10-13-20(25)24-16-22(14-5-15-22)19-6-3-2-4-7-19/h2-4,6-13H,5,14-16H2,1H3,(H,23,26)(H,24,25)/b13-10+. The van der Waals surface area contributed by atoms with E-state index < -0.39 is 0 Å². The van der Waals surface area contributed by atoms with Gasteiger partial charge < -0.3 is 10.6 Å². The van der Waals surface area contributed by atoms with Crippen molar-refractivity contribution in [2.45, 2.75) is 24.7 Å². The summed E-state index contributed by atoms with van der Waals surface area (Å²) < 4.78 is 0. The predicted octanol–water partition coefficient (Wildman–Crippen LogP) is 3.30. The van der Waals surface area contributed by atoms with E-state index in [4.69, 9.17) is 0 Å². The van der Waals surface area contributed by atoms with Crippen molar-refractivity contribution in [1.29, 1.82) is 0 Å². The molecule has 26 heavy (non-hydrogen) atoms. The van der Waals surface area contributed by atoms with Gasteiger partial charge in [-0.1, -0.05) is 48.9 Å². The second-order valence-electron chi connectivity index (χ2n) is 6.75. The van der Waals surface area contributed by atoms with Crippen LogP contribution in [0.3, 0.4) is 0 Å². The topological polar surface area (TPSA) is 58.2 Å². The highest BCUT2D eigenvalue weighted by Crippen LogP contribution is 2.43. The van der Waals surface area contributed by atoms with Gasteiger partial charge in [-0.3, -0.25) is 9.59 Å². The van der Waals surface area contributed by atoms with Crippen LogP contribution in [-0.2, 0) is 10.2 Å². The van der Waals surface area contributed by atoms with Gasteiger partial charge in [-0.2, -0.15) is 0 Å². The lowest BCUT2D eigenvalue weighted by molar-refractivity contribution is -0.116. The molecule has 0 unspecified atom stereocenters. The summed E-state index contributed by atoms with van der Waals surface area (Å²) in [5.41, 5.74) is 2.87. The Morgan fingerprint density at radius 3 is 2.31 bits per heavy atom. The molecule has 0 spiro atoms. The fraction of sp³-hybridized carbons (Fsp3) is 0.273. The number of benzene rings is 2. The molecular weight excluding hydrogens is 324 g/mol. The predicted molar refractivity (Wildman–Crippen MR) is 104 cm³/mol. The molecule has 2 amide bonds. The highest BCUT2D eigenvalue weighted by molar-refractivity contribution is 5.94. The van der Waals surface area contributed by atoms with E-state index in [-0.39, 0.29) is 17.2 Å². The molecule has 0 saturated heterocycles. The summed E-state index contributed by atoms with van der Waals surface area (Å²) in [5, 5.41) is 5.63. The molecule has 0 aromatic heterocycles. The Morgan fingerprint density at radius 1 is 1.04 bits per heavy atom. The van der Waals surface area contributed by atoms with Gasteiger partial charge in [0.1, 0.15) is 0 Å². The van der Waals surface area contributed by atoms with Crippen LogP contribution in [-0.4, -0.2) is 25.4 Å². The zero-order valence-electron chi connectivity index (χ0n) is 15.0. The van der Waals surface area contributed by atoms with Crippen molar-refractivity contribution in [1.82, 2.24) is 10.6 Å². The molecule has 1 aliphatic carbocycles. The summed E-state index contributed by atoms with van der Waals surface area (Å²) >= 11 is 0. The minimum absolute atomic E-state index is 0.0833. The van der Waals surface area contributed by atoms with Crippen LogP contribution in [0.5, 0.6) is 0 Å². The summed E-state index contributed by atoms with van der Waals surface area (Å²) in [5.74, 6) is -0.215. The highest BCUT2D eigenvalue weighted by atomic mass is 16.2. The molecule has 0 bridgehead atoms. The van der Waals surface area contributed by atoms with Crippen LogP contribution >= 0.6 is 0 Å². The maximum atomic E-state index is 12.2. The van der Waals surface area contributed by atoms with E-state index in [2.05, 4.69) is 34.9 Å². The van der Waals surface area contributed by atoms with E-state index in [1.807, 2.05) is 18.2 Å². The number of carbonyl (C=O) groups is 2. The van der Waals surface area contributed by atoms with Crippen molar-refractivity contribution in [3.8, 4) is 0 Å². The number of hydrogen-bond donors (Lipinski definition) is 2. The number of rotatable bonds is 6. The highest BCUT2D eigenvalue weighted by Gasteiger charge is 2.38. The largest absolute Gasteiger partial charge is 0.355 e. The average molecular weight is 348 g/mol. The van der Waals surface area contributed by atoms with Gasteiger partial charge in [0.2, 0.25) is 5.91 Å². The van der Waals surface area contributed by atoms with E-state index >= 15 is 0 Å². The van der Waals surface area contributed by atoms with Crippen molar-refractivity contribution < 1.29 is 9.59 Å². The lowest BCUT2D eigenvalue weighted by Crippen LogP contribution is -2.45. The van der Waals surface area contributed by atoms with Gasteiger partial charge >= 0.3 is 0 Å². The number of nitrogens with one attached hydrogen (secondary N) is 2. The molecule has 0 heterocycles. The Balaban J connectivity index is 1.57. The molecule has 3 rings (SSSR count). The third kappa shape index (κ3) is 4.02. The molecular formula is C22H24N2O2. The summed E-state index contributed by atoms with van der Waals surface area (Å²) in [7, 11) is 1.60. The second kappa shape index (κ2) is 8.00. The zero-order chi connectivity index (χ0) is 18.4. The van der Waals surface area contributed by atoms with Gasteiger partial charge in [0.05, 0.1) is 0 Å². The maximum Gasteiger partial charge on any atom is 0.251 e. The molecule has 4 heteroatoms. The van der Waals surface area contributed by atoms with Crippen molar-refractivity contribution in [2.24, 2.45) is 0 Å². The van der Waals surface area contributed by atoms with Gasteiger partial charge in [-0.05, 0) is 42.2 Å². The average Bonchev–Trinajstić information content (AvgIpc) is 2.66. The molecule has 1 fully saturated rings. The van der Waals surface area contributed by atoms with Crippen LogP contribution in [0.25, 0.3) is 6.08 Å². The van der Waals surface area contributed by atoms with E-state index in [0.29, 0.717) is 12.1 Å². The fourth-order valence-electron chi connectivity index (χ4n) is 3.34. The van der Waals surface area contributed by atoms with Crippen molar-refractivity contribution >= 4 is 17.9 Å². The SMILES string of the molecule is CNC(=O)c1ccc(/C=C/C(=O)NCC2(c3ccccc3)CCC2)cc1. The quantitative estimate of drug-likeness (QED) is 0.787. The normalized spacial score (nSPS) is 15.3. The Hall–Kier alpha value is -2.88. The summed E-state index contributed by atoms with van der Waals surface area (Å²) in [6.45, 7) is 0.662. The Morgan fingerprint density at radius 2 is 1.73 bits per heavy atom. The lowest BCUT2D eigenvalue weighted by Gasteiger charge is -2.42. The van der Waals surface area contributed by atoms with Crippen molar-refractivity contribution in [2.75, 3.05) is 13.6 Å². The van der Waals surface area contributed by atoms with Crippen LogP contribution in [0.4, 0.5) is 0 Å². The van der Waals surface area contributed by atoms with Crippen LogP contribution in [0.1, 0.15) is 40.7 Å². The molecule has 0 aliphatic heterocycles. The molecule has 2 aromatic carbocycles. The first kappa shape index (κ1) is 17.9. The van der Waals surface area contributed by atoms with Crippen LogP contribution < -0.4 is 10.6 Å². The Kier molecular flexibility index (Phi) is 5.52. The molecule has 1 aliphatic rings. The molecule has 2 N–H and O–H groups in total. The zero-order valence-corrected chi connectivity index (χ0v) is 15.0. The summed E-state index contributed by atoms with van der Waals surface area (Å²) in [6.07, 6.45) is 6.74. The number of hydrogen-bond acceptors (Lipinski definition) is 2. The van der Waals surface area contributed by atoms with E-state index in [1.54, 1.807) is 31.3 Å². The summed E-state index contributed by atoms with van der Waals surface area (Å²) in [4.78, 5) is 23.7. The number of amides is 2. The van der Waals surface area contributed by atoms with Gasteiger partial charge in [0.25, 0.3) is 5.91 Å². The Bertz CT molecular complexity index is 791. The minimum Gasteiger partial charge on any atom is -0.355 e. The first-order valence-corrected chi connectivity index (χ1v) is 8.97. The van der Waals surface area contributed by atoms with Gasteiger partial charge in [-0.25, -0.2) is 0 Å². The van der Waals surface area contributed by atoms with Crippen molar-refractivity contribution in [3.63, 3.8) is 0 Å². The van der Waals surface area contributed by atoms with Gasteiger partial charge in [0.15, 0.2) is 0 Å². The van der Waals surface area contributed by atoms with E-state index in [1.165, 1.54) is 12.0 Å². The molecule has 1 saturated carbocycles. The monoisotopic (exact) mass is 348 g/mol. The molecule has 4 nitrogen and oxygen atoms in total. The molecule has 134 valence electrons. The smallest absolute Gasteiger partial charge is 0.251 e. The number of carbonyl (C=O) groups excluding carboxylic acids is 2. The first-order valence-electron chi connectivity index (χ1n) is 8.97. The molecule has 0 atom stereocenters. The molecule has 0 radical (unpaired) electrons.